The van der Waals surface area contributed by atoms with Crippen LogP contribution in [0.4, 0.5) is 4.39 Å². The van der Waals surface area contributed by atoms with Crippen molar-refractivity contribution in [3.05, 3.63) is 34.1 Å². The average Bonchev–Trinajstić information content (AvgIpc) is 2.19. The van der Waals surface area contributed by atoms with Crippen LogP contribution in [0, 0.1) is 11.7 Å². The highest BCUT2D eigenvalue weighted by Gasteiger charge is 2.25. The molecule has 1 aliphatic rings. The van der Waals surface area contributed by atoms with Crippen molar-refractivity contribution >= 4 is 21.8 Å². The molecule has 4 heteroatoms. The van der Waals surface area contributed by atoms with E-state index >= 15 is 0 Å². The van der Waals surface area contributed by atoms with Gasteiger partial charge in [-0.1, -0.05) is 6.42 Å². The molecule has 0 radical (unpaired) electrons. The van der Waals surface area contributed by atoms with Crippen LogP contribution in [0.25, 0.3) is 0 Å². The molecule has 2 nitrogen and oxygen atoms in total. The lowest BCUT2D eigenvalue weighted by atomic mass is 9.80. The van der Waals surface area contributed by atoms with Crippen molar-refractivity contribution in [2.45, 2.75) is 32.2 Å². The smallest absolute Gasteiger partial charge is 0.251 e. The van der Waals surface area contributed by atoms with Crippen LogP contribution < -0.4 is 5.32 Å². The standard InChI is InChI=1S/C13H15BrFNO/c1-8(9-3-2-4-9)16-13(17)10-5-6-12(15)11(14)7-10/h5-9H,2-4H2,1H3,(H,16,17). The third kappa shape index (κ3) is 2.86. The first-order valence-corrected chi connectivity index (χ1v) is 6.63. The van der Waals surface area contributed by atoms with E-state index in [2.05, 4.69) is 21.2 Å². The van der Waals surface area contributed by atoms with Crippen LogP contribution >= 0.6 is 15.9 Å². The molecule has 0 aliphatic heterocycles. The maximum Gasteiger partial charge on any atom is 0.251 e. The van der Waals surface area contributed by atoms with E-state index in [1.165, 1.54) is 37.5 Å². The third-order valence-electron chi connectivity index (χ3n) is 3.40. The Labute approximate surface area is 109 Å². The quantitative estimate of drug-likeness (QED) is 0.909. The molecule has 1 aliphatic carbocycles. The van der Waals surface area contributed by atoms with E-state index in [4.69, 9.17) is 0 Å². The summed E-state index contributed by atoms with van der Waals surface area (Å²) in [4.78, 5) is 11.9. The largest absolute Gasteiger partial charge is 0.349 e. The molecule has 0 spiro atoms. The van der Waals surface area contributed by atoms with E-state index < -0.39 is 0 Å². The Hall–Kier alpha value is -0.900. The van der Waals surface area contributed by atoms with Gasteiger partial charge in [0.15, 0.2) is 0 Å². The highest BCUT2D eigenvalue weighted by atomic mass is 79.9. The molecule has 1 amide bonds. The van der Waals surface area contributed by atoms with E-state index in [1.54, 1.807) is 0 Å². The maximum absolute atomic E-state index is 13.0. The first-order valence-electron chi connectivity index (χ1n) is 5.84. The Morgan fingerprint density at radius 2 is 2.24 bits per heavy atom. The molecule has 1 aromatic rings. The van der Waals surface area contributed by atoms with Gasteiger partial charge in [-0.25, -0.2) is 4.39 Å². The summed E-state index contributed by atoms with van der Waals surface area (Å²) in [5, 5.41) is 2.96. The molecule has 1 aromatic carbocycles. The van der Waals surface area contributed by atoms with Gasteiger partial charge in [0, 0.05) is 11.6 Å². The minimum atomic E-state index is -0.353. The second-order valence-electron chi connectivity index (χ2n) is 4.58. The molecule has 1 unspecified atom stereocenters. The monoisotopic (exact) mass is 299 g/mol. The van der Waals surface area contributed by atoms with Crippen LogP contribution in [-0.4, -0.2) is 11.9 Å². The highest BCUT2D eigenvalue weighted by molar-refractivity contribution is 9.10. The molecule has 1 N–H and O–H groups in total. The number of carbonyl (C=O) groups excluding carboxylic acids is 1. The predicted molar refractivity (Wildman–Crippen MR) is 68.4 cm³/mol. The van der Waals surface area contributed by atoms with E-state index in [9.17, 15) is 9.18 Å². The van der Waals surface area contributed by atoms with E-state index in [0.29, 0.717) is 16.0 Å². The lowest BCUT2D eigenvalue weighted by Gasteiger charge is -2.31. The van der Waals surface area contributed by atoms with Crippen molar-refractivity contribution in [1.82, 2.24) is 5.32 Å². The summed E-state index contributed by atoms with van der Waals surface area (Å²) in [5.74, 6) is 0.113. The number of carbonyl (C=O) groups is 1. The van der Waals surface area contributed by atoms with Crippen LogP contribution in [-0.2, 0) is 0 Å². The van der Waals surface area contributed by atoms with Crippen molar-refractivity contribution in [3.8, 4) is 0 Å². The number of hydrogen-bond acceptors (Lipinski definition) is 1. The molecular weight excluding hydrogens is 285 g/mol. The zero-order valence-electron chi connectivity index (χ0n) is 9.67. The number of benzene rings is 1. The van der Waals surface area contributed by atoms with Crippen LogP contribution in [0.1, 0.15) is 36.5 Å². The summed E-state index contributed by atoms with van der Waals surface area (Å²) in [6.07, 6.45) is 3.64. The molecule has 0 heterocycles. The van der Waals surface area contributed by atoms with Crippen LogP contribution in [0.3, 0.4) is 0 Å². The summed E-state index contributed by atoms with van der Waals surface area (Å²) in [6.45, 7) is 2.03. The van der Waals surface area contributed by atoms with Gasteiger partial charge in [-0.2, -0.15) is 0 Å². The molecule has 1 saturated carbocycles. The molecular formula is C13H15BrFNO. The molecule has 0 aromatic heterocycles. The van der Waals surface area contributed by atoms with Crippen LogP contribution in [0.5, 0.6) is 0 Å². The van der Waals surface area contributed by atoms with Gasteiger partial charge >= 0.3 is 0 Å². The van der Waals surface area contributed by atoms with E-state index in [-0.39, 0.29) is 17.8 Å². The first kappa shape index (κ1) is 12.6. The zero-order valence-corrected chi connectivity index (χ0v) is 11.3. The molecule has 0 bridgehead atoms. The summed E-state index contributed by atoms with van der Waals surface area (Å²) in [6, 6.07) is 4.51. The Bertz CT molecular complexity index is 431. The molecule has 2 rings (SSSR count). The van der Waals surface area contributed by atoms with Crippen molar-refractivity contribution in [1.29, 1.82) is 0 Å². The van der Waals surface area contributed by atoms with Gasteiger partial charge < -0.3 is 5.32 Å². The molecule has 92 valence electrons. The predicted octanol–water partition coefficient (Wildman–Crippen LogP) is 3.51. The molecule has 17 heavy (non-hydrogen) atoms. The Balaban J connectivity index is 2.01. The number of rotatable bonds is 3. The SMILES string of the molecule is CC(NC(=O)c1ccc(F)c(Br)c1)C1CCC1. The summed E-state index contributed by atoms with van der Waals surface area (Å²) < 4.78 is 13.4. The Morgan fingerprint density at radius 1 is 1.53 bits per heavy atom. The Kier molecular flexibility index (Phi) is 3.82. The van der Waals surface area contributed by atoms with Crippen LogP contribution in [0.15, 0.2) is 22.7 Å². The summed E-state index contributed by atoms with van der Waals surface area (Å²) >= 11 is 3.08. The van der Waals surface area contributed by atoms with Crippen molar-refractivity contribution < 1.29 is 9.18 Å². The Morgan fingerprint density at radius 3 is 2.76 bits per heavy atom. The van der Waals surface area contributed by atoms with Crippen LogP contribution in [0.2, 0.25) is 0 Å². The lowest BCUT2D eigenvalue weighted by Crippen LogP contribution is -2.40. The van der Waals surface area contributed by atoms with E-state index in [0.717, 1.165) is 0 Å². The van der Waals surface area contributed by atoms with Crippen molar-refractivity contribution in [2.24, 2.45) is 5.92 Å². The fraction of sp³-hybridized carbons (Fsp3) is 0.462. The van der Waals surface area contributed by atoms with Gasteiger partial charge in [0.2, 0.25) is 0 Å². The average molecular weight is 300 g/mol. The second kappa shape index (κ2) is 5.17. The molecule has 1 atom stereocenters. The second-order valence-corrected chi connectivity index (χ2v) is 5.44. The van der Waals surface area contributed by atoms with Gasteiger partial charge in [0.05, 0.1) is 4.47 Å². The topological polar surface area (TPSA) is 29.1 Å². The number of amides is 1. The van der Waals surface area contributed by atoms with Gasteiger partial charge in [0.25, 0.3) is 5.91 Å². The highest BCUT2D eigenvalue weighted by Crippen LogP contribution is 2.29. The molecule has 0 saturated heterocycles. The van der Waals surface area contributed by atoms with E-state index in [1.807, 2.05) is 6.92 Å². The van der Waals surface area contributed by atoms with Crippen molar-refractivity contribution in [2.75, 3.05) is 0 Å². The minimum Gasteiger partial charge on any atom is -0.349 e. The lowest BCUT2D eigenvalue weighted by molar-refractivity contribution is 0.0909. The maximum atomic E-state index is 13.0. The fourth-order valence-corrected chi connectivity index (χ4v) is 2.36. The minimum absolute atomic E-state index is 0.134. The molecule has 1 fully saturated rings. The van der Waals surface area contributed by atoms with Gasteiger partial charge in [-0.15, -0.1) is 0 Å². The third-order valence-corrected chi connectivity index (χ3v) is 4.01. The first-order chi connectivity index (χ1) is 8.08. The fourth-order valence-electron chi connectivity index (χ4n) is 1.99. The summed E-state index contributed by atoms with van der Waals surface area (Å²) in [5.41, 5.74) is 0.490. The number of hydrogen-bond donors (Lipinski definition) is 1. The van der Waals surface area contributed by atoms with Gasteiger partial charge in [-0.3, -0.25) is 4.79 Å². The number of halogens is 2. The normalized spacial score (nSPS) is 17.4. The van der Waals surface area contributed by atoms with Crippen molar-refractivity contribution in [3.63, 3.8) is 0 Å². The van der Waals surface area contributed by atoms with Gasteiger partial charge in [0.1, 0.15) is 5.82 Å². The number of nitrogens with one attached hydrogen (secondary N) is 1. The van der Waals surface area contributed by atoms with Gasteiger partial charge in [-0.05, 0) is 59.8 Å². The zero-order chi connectivity index (χ0) is 12.4. The summed E-state index contributed by atoms with van der Waals surface area (Å²) in [7, 11) is 0.